The fraction of sp³-hybridized carbons (Fsp3) is 0.541. The van der Waals surface area contributed by atoms with Gasteiger partial charge in [-0.05, 0) is 72.2 Å². The van der Waals surface area contributed by atoms with Gasteiger partial charge in [0.1, 0.15) is 6.61 Å². The molecule has 2 aromatic carbocycles. The SMILES string of the molecule is [2H]NC(=O)OCC1c2cc(NC(=O)CCCC(=O)NCCOCCCC)ccc2-c2ccc(NC(=O)CCCC(=O)NCCOCCCOC)cc21. The third-order valence-electron chi connectivity index (χ3n) is 8.12. The first-order valence-corrected chi connectivity index (χ1v) is 17.7. The van der Waals surface area contributed by atoms with Crippen LogP contribution in [0.1, 0.15) is 81.8 Å². The maximum atomic E-state index is 12.7. The van der Waals surface area contributed by atoms with E-state index in [0.717, 1.165) is 41.5 Å². The van der Waals surface area contributed by atoms with E-state index < -0.39 is 12.0 Å². The Morgan fingerprint density at radius 1 is 0.686 bits per heavy atom. The summed E-state index contributed by atoms with van der Waals surface area (Å²) in [6, 6.07) is 11.0. The predicted octanol–water partition coefficient (Wildman–Crippen LogP) is 4.21. The number of nitrogens with one attached hydrogen (secondary N) is 4. The van der Waals surface area contributed by atoms with E-state index in [9.17, 15) is 24.0 Å². The fourth-order valence-corrected chi connectivity index (χ4v) is 5.58. The summed E-state index contributed by atoms with van der Waals surface area (Å²) >= 11 is 0. The van der Waals surface area contributed by atoms with Crippen molar-refractivity contribution in [2.75, 3.05) is 70.5 Å². The Balaban J connectivity index is 1.52. The molecule has 0 fully saturated rings. The molecule has 1 aliphatic carbocycles. The van der Waals surface area contributed by atoms with Crippen molar-refractivity contribution in [2.45, 2.75) is 70.6 Å². The summed E-state index contributed by atoms with van der Waals surface area (Å²) in [5, 5.41) is 11.4. The van der Waals surface area contributed by atoms with Crippen LogP contribution in [0.3, 0.4) is 0 Å². The van der Waals surface area contributed by atoms with E-state index >= 15 is 0 Å². The molecule has 0 saturated carbocycles. The average molecular weight is 713 g/mol. The number of nitrogens with two attached hydrogens (primary N) is 1. The van der Waals surface area contributed by atoms with Crippen molar-refractivity contribution in [2.24, 2.45) is 5.73 Å². The Bertz CT molecular complexity index is 1480. The number of benzene rings is 2. The van der Waals surface area contributed by atoms with Crippen LogP contribution in [0.2, 0.25) is 1.41 Å². The van der Waals surface area contributed by atoms with Gasteiger partial charge >= 0.3 is 6.09 Å². The van der Waals surface area contributed by atoms with Gasteiger partial charge in [0.2, 0.25) is 23.6 Å². The second-order valence-electron chi connectivity index (χ2n) is 12.2. The van der Waals surface area contributed by atoms with E-state index in [1.807, 2.05) is 24.3 Å². The highest BCUT2D eigenvalue weighted by molar-refractivity contribution is 5.94. The molecule has 280 valence electrons. The Morgan fingerprint density at radius 2 is 1.20 bits per heavy atom. The van der Waals surface area contributed by atoms with Crippen LogP contribution in [0.4, 0.5) is 16.2 Å². The van der Waals surface area contributed by atoms with Crippen LogP contribution in [0, 0.1) is 0 Å². The van der Waals surface area contributed by atoms with Gasteiger partial charge in [-0.15, -0.1) is 0 Å². The van der Waals surface area contributed by atoms with Crippen LogP contribution in [-0.4, -0.2) is 89.6 Å². The van der Waals surface area contributed by atoms with Gasteiger partial charge in [0, 0.05) is 83.0 Å². The minimum atomic E-state index is -0.907. The number of primary amides is 1. The molecular weight excluding hydrogens is 658 g/mol. The summed E-state index contributed by atoms with van der Waals surface area (Å²) in [7, 11) is 1.63. The quantitative estimate of drug-likeness (QED) is 0.0937. The molecule has 0 heterocycles. The van der Waals surface area contributed by atoms with Gasteiger partial charge < -0.3 is 45.9 Å². The molecule has 0 bridgehead atoms. The molecular formula is C37H53N5O9. The Hall–Kier alpha value is -4.53. The molecule has 6 N–H and O–H groups in total. The molecule has 14 nitrogen and oxygen atoms in total. The predicted molar refractivity (Wildman–Crippen MR) is 193 cm³/mol. The maximum absolute atomic E-state index is 12.7. The Labute approximate surface area is 301 Å². The van der Waals surface area contributed by atoms with Crippen LogP contribution in [0.5, 0.6) is 0 Å². The number of amides is 5. The summed E-state index contributed by atoms with van der Waals surface area (Å²) < 4.78 is 28.2. The topological polar surface area (TPSA) is 196 Å². The molecule has 2 aromatic rings. The van der Waals surface area contributed by atoms with Crippen molar-refractivity contribution in [3.63, 3.8) is 0 Å². The monoisotopic (exact) mass is 712 g/mol. The standard InChI is InChI=1S/C37H53N5O9/c1-3-4-19-49-21-16-39-33(43)8-5-10-35(45)41-26-12-14-28-29-15-13-27(24-31(29)32(30(28)23-26)25-51-37(38)47)42-36(46)11-6-9-34(44)40-17-22-50-20-7-18-48-2/h12-15,23-24,32H,3-11,16-22,25H2,1-2H3,(H2,38,47)(H,39,43)(H,40,44)(H,41,45)(H,42,46)/i/hD. The fourth-order valence-electron chi connectivity index (χ4n) is 5.58. The van der Waals surface area contributed by atoms with Crippen LogP contribution in [-0.2, 0) is 38.1 Å². The molecule has 0 radical (unpaired) electrons. The van der Waals surface area contributed by atoms with E-state index in [1.165, 1.54) is 0 Å². The van der Waals surface area contributed by atoms with Crippen molar-refractivity contribution in [3.05, 3.63) is 47.5 Å². The molecule has 0 aliphatic heterocycles. The minimum absolute atomic E-state index is 0.0778. The molecule has 0 aromatic heterocycles. The molecule has 51 heavy (non-hydrogen) atoms. The van der Waals surface area contributed by atoms with Gasteiger partial charge in [-0.3, -0.25) is 19.2 Å². The summed E-state index contributed by atoms with van der Waals surface area (Å²) in [5.74, 6) is -1.20. The van der Waals surface area contributed by atoms with Crippen LogP contribution >= 0.6 is 0 Å². The van der Waals surface area contributed by atoms with Crippen molar-refractivity contribution in [3.8, 4) is 11.1 Å². The number of carbonyl (C=O) groups is 5. The van der Waals surface area contributed by atoms with E-state index in [0.29, 0.717) is 70.3 Å². The third kappa shape index (κ3) is 15.1. The summed E-state index contributed by atoms with van der Waals surface area (Å²) in [6.07, 6.45) is 3.41. The normalized spacial score (nSPS) is 13.0. The number of methoxy groups -OCH3 is 1. The van der Waals surface area contributed by atoms with E-state index in [1.54, 1.807) is 25.0 Å². The van der Waals surface area contributed by atoms with E-state index in [4.69, 9.17) is 20.4 Å². The summed E-state index contributed by atoms with van der Waals surface area (Å²) in [5.41, 5.74) is 6.18. The lowest BCUT2D eigenvalue weighted by Gasteiger charge is -2.15. The molecule has 1 atom stereocenters. The van der Waals surface area contributed by atoms with Gasteiger partial charge in [-0.2, -0.15) is 0 Å². The van der Waals surface area contributed by atoms with Gasteiger partial charge in [0.05, 0.1) is 13.2 Å². The number of hydrogen-bond acceptors (Lipinski definition) is 9. The van der Waals surface area contributed by atoms with E-state index in [2.05, 4.69) is 28.2 Å². The molecule has 0 saturated heterocycles. The first-order chi connectivity index (χ1) is 25.2. The Kier molecular flexibility index (Phi) is 17.7. The first kappa shape index (κ1) is 39.3. The number of rotatable bonds is 25. The van der Waals surface area contributed by atoms with Crippen molar-refractivity contribution in [1.29, 1.82) is 0 Å². The highest BCUT2D eigenvalue weighted by Crippen LogP contribution is 2.46. The molecule has 14 heteroatoms. The van der Waals surface area contributed by atoms with Gasteiger partial charge in [0.25, 0.3) is 0 Å². The lowest BCUT2D eigenvalue weighted by molar-refractivity contribution is -0.122. The van der Waals surface area contributed by atoms with Crippen molar-refractivity contribution < 1.29 is 44.3 Å². The number of fused-ring (bicyclic) bond motifs is 3. The molecule has 1 aliphatic rings. The smallest absolute Gasteiger partial charge is 0.404 e. The van der Waals surface area contributed by atoms with Gasteiger partial charge in [-0.25, -0.2) is 4.79 Å². The highest BCUT2D eigenvalue weighted by atomic mass is 16.5. The number of carbonyl (C=O) groups excluding carboxylic acids is 5. The molecule has 1 unspecified atom stereocenters. The largest absolute Gasteiger partial charge is 0.449 e. The zero-order valence-corrected chi connectivity index (χ0v) is 29.7. The molecule has 0 spiro atoms. The first-order valence-electron chi connectivity index (χ1n) is 18.2. The third-order valence-corrected chi connectivity index (χ3v) is 8.12. The average Bonchev–Trinajstić information content (AvgIpc) is 3.43. The van der Waals surface area contributed by atoms with Crippen LogP contribution in [0.15, 0.2) is 36.4 Å². The van der Waals surface area contributed by atoms with Crippen molar-refractivity contribution in [1.82, 2.24) is 10.6 Å². The van der Waals surface area contributed by atoms with Crippen LogP contribution < -0.4 is 27.0 Å². The maximum Gasteiger partial charge on any atom is 0.404 e. The zero-order chi connectivity index (χ0) is 37.6. The zero-order valence-electron chi connectivity index (χ0n) is 30.7. The second-order valence-corrected chi connectivity index (χ2v) is 12.2. The minimum Gasteiger partial charge on any atom is -0.449 e. The van der Waals surface area contributed by atoms with Crippen LogP contribution in [0.25, 0.3) is 11.1 Å². The molecule has 5 amide bonds. The number of ether oxygens (including phenoxy) is 4. The number of hydrogen-bond donors (Lipinski definition) is 5. The van der Waals surface area contributed by atoms with Gasteiger partial charge in [-0.1, -0.05) is 25.5 Å². The summed E-state index contributed by atoms with van der Waals surface area (Å²) in [6.45, 7) is 5.56. The lowest BCUT2D eigenvalue weighted by Crippen LogP contribution is -2.27. The summed E-state index contributed by atoms with van der Waals surface area (Å²) in [4.78, 5) is 61.6. The van der Waals surface area contributed by atoms with E-state index in [-0.39, 0.29) is 55.9 Å². The number of unbranched alkanes of at least 4 members (excludes halogenated alkanes) is 1. The number of anilines is 2. The van der Waals surface area contributed by atoms with Gasteiger partial charge in [0.15, 0.2) is 1.41 Å². The lowest BCUT2D eigenvalue weighted by atomic mass is 9.97. The second kappa shape index (κ2) is 23.0. The Morgan fingerprint density at radius 3 is 1.69 bits per heavy atom. The van der Waals surface area contributed by atoms with Crippen molar-refractivity contribution >= 4 is 41.1 Å². The molecule has 3 rings (SSSR count). The highest BCUT2D eigenvalue weighted by Gasteiger charge is 2.30.